The van der Waals surface area contributed by atoms with Crippen LogP contribution in [0, 0.1) is 6.92 Å². The lowest BCUT2D eigenvalue weighted by Gasteiger charge is -2.32. The van der Waals surface area contributed by atoms with Gasteiger partial charge >= 0.3 is 4.87 Å². The number of sulfonamides is 2. The second kappa shape index (κ2) is 10.7. The first-order valence-corrected chi connectivity index (χ1v) is 16.3. The maximum Gasteiger partial charge on any atom is 0.308 e. The number of anilines is 1. The summed E-state index contributed by atoms with van der Waals surface area (Å²) in [6, 6.07) is 16.2. The Morgan fingerprint density at radius 1 is 0.923 bits per heavy atom. The number of aromatic nitrogens is 1. The molecule has 1 aliphatic rings. The fraction of sp³-hybridized carbons (Fsp3) is 0.269. The highest BCUT2D eigenvalue weighted by Crippen LogP contribution is 2.28. The van der Waals surface area contributed by atoms with Crippen molar-refractivity contribution in [3.8, 4) is 0 Å². The molecule has 39 heavy (non-hydrogen) atoms. The number of nitrogens with zero attached hydrogens (tertiary/aromatic N) is 3. The summed E-state index contributed by atoms with van der Waals surface area (Å²) < 4.78 is 59.2. The Morgan fingerprint density at radius 3 is 2.31 bits per heavy atom. The van der Waals surface area contributed by atoms with E-state index in [2.05, 4.69) is 9.62 Å². The Kier molecular flexibility index (Phi) is 7.61. The van der Waals surface area contributed by atoms with Crippen molar-refractivity contribution in [2.24, 2.45) is 0 Å². The van der Waals surface area contributed by atoms with Crippen molar-refractivity contribution in [3.63, 3.8) is 0 Å². The molecule has 0 aliphatic carbocycles. The van der Waals surface area contributed by atoms with Crippen LogP contribution in [0.4, 0.5) is 5.69 Å². The summed E-state index contributed by atoms with van der Waals surface area (Å²) in [7, 11) is -5.91. The van der Waals surface area contributed by atoms with Gasteiger partial charge in [0.05, 0.1) is 32.2 Å². The van der Waals surface area contributed by atoms with Crippen LogP contribution in [0.1, 0.15) is 11.1 Å². The van der Waals surface area contributed by atoms with Crippen LogP contribution >= 0.6 is 22.9 Å². The van der Waals surface area contributed by atoms with E-state index in [1.807, 2.05) is 19.2 Å². The third-order valence-electron chi connectivity index (χ3n) is 6.72. The minimum Gasteiger partial charge on any atom is -0.304 e. The molecule has 1 fully saturated rings. The summed E-state index contributed by atoms with van der Waals surface area (Å²) in [4.78, 5) is 14.6. The van der Waals surface area contributed by atoms with Crippen molar-refractivity contribution in [1.82, 2.24) is 13.8 Å². The standard InChI is InChI=1S/C26H27ClN4O5S3/c1-18-3-8-21(15-25(18)39(35,36)30-13-11-29(2)12-14-30)28-38(33,34)22-9-10-23-24(16-22)37-26(32)31(23)17-19-4-6-20(27)7-5-19/h3-10,15-16,28H,11-14,17H2,1-2H3. The number of likely N-dealkylation sites (N-methyl/N-ethyl adjacent to an activating group) is 1. The molecular formula is C26H27ClN4O5S3. The molecule has 4 aromatic rings. The van der Waals surface area contributed by atoms with E-state index < -0.39 is 20.0 Å². The second-order valence-corrected chi connectivity index (χ2v) is 14.5. The highest BCUT2D eigenvalue weighted by atomic mass is 35.5. The number of benzene rings is 3. The maximum absolute atomic E-state index is 13.3. The highest BCUT2D eigenvalue weighted by molar-refractivity contribution is 7.92. The number of thiazole rings is 1. The van der Waals surface area contributed by atoms with Gasteiger partial charge in [0.15, 0.2) is 0 Å². The summed E-state index contributed by atoms with van der Waals surface area (Å²) in [6.45, 7) is 4.00. The lowest BCUT2D eigenvalue weighted by molar-refractivity contribution is 0.222. The highest BCUT2D eigenvalue weighted by Gasteiger charge is 2.29. The fourth-order valence-electron chi connectivity index (χ4n) is 4.46. The number of hydrogen-bond donors (Lipinski definition) is 1. The van der Waals surface area contributed by atoms with E-state index >= 15 is 0 Å². The van der Waals surface area contributed by atoms with Crippen LogP contribution in [0.2, 0.25) is 5.02 Å². The van der Waals surface area contributed by atoms with Crippen molar-refractivity contribution in [2.45, 2.75) is 23.3 Å². The van der Waals surface area contributed by atoms with Crippen LogP contribution in [0.3, 0.4) is 0 Å². The van der Waals surface area contributed by atoms with Gasteiger partial charge in [0.2, 0.25) is 10.0 Å². The Balaban J connectivity index is 1.42. The largest absolute Gasteiger partial charge is 0.308 e. The quantitative estimate of drug-likeness (QED) is 0.343. The van der Waals surface area contributed by atoms with Crippen LogP contribution < -0.4 is 9.60 Å². The number of hydrogen-bond acceptors (Lipinski definition) is 7. The van der Waals surface area contributed by atoms with Crippen molar-refractivity contribution >= 4 is 58.9 Å². The van der Waals surface area contributed by atoms with Gasteiger partial charge in [0.25, 0.3) is 10.0 Å². The summed E-state index contributed by atoms with van der Waals surface area (Å²) in [5.74, 6) is 0. The van der Waals surface area contributed by atoms with Gasteiger partial charge < -0.3 is 4.90 Å². The Hall–Kier alpha value is -2.74. The Labute approximate surface area is 236 Å². The van der Waals surface area contributed by atoms with Crippen molar-refractivity contribution in [2.75, 3.05) is 37.9 Å². The van der Waals surface area contributed by atoms with Crippen LogP contribution in [0.15, 0.2) is 75.2 Å². The predicted molar refractivity (Wildman–Crippen MR) is 155 cm³/mol. The molecule has 0 radical (unpaired) electrons. The first-order chi connectivity index (χ1) is 18.4. The molecule has 0 unspecified atom stereocenters. The zero-order chi connectivity index (χ0) is 27.9. The number of halogens is 1. The lowest BCUT2D eigenvalue weighted by Crippen LogP contribution is -2.47. The topological polar surface area (TPSA) is 109 Å². The monoisotopic (exact) mass is 606 g/mol. The number of aryl methyl sites for hydroxylation is 1. The number of nitrogens with one attached hydrogen (secondary N) is 1. The molecule has 0 bridgehead atoms. The van der Waals surface area contributed by atoms with Gasteiger partial charge in [-0.2, -0.15) is 4.31 Å². The lowest BCUT2D eigenvalue weighted by atomic mass is 10.2. The first-order valence-electron chi connectivity index (χ1n) is 12.1. The van der Waals surface area contributed by atoms with E-state index in [4.69, 9.17) is 11.6 Å². The number of piperazine rings is 1. The molecule has 1 saturated heterocycles. The van der Waals surface area contributed by atoms with Gasteiger partial charge in [0.1, 0.15) is 0 Å². The average Bonchev–Trinajstić information content (AvgIpc) is 3.20. The first kappa shape index (κ1) is 27.8. The van der Waals surface area contributed by atoms with Crippen LogP contribution in [-0.4, -0.2) is 63.8 Å². The second-order valence-electron chi connectivity index (χ2n) is 9.50. The third kappa shape index (κ3) is 5.76. The third-order valence-corrected chi connectivity index (χ3v) is 11.3. The summed E-state index contributed by atoms with van der Waals surface area (Å²) in [5, 5.41) is 0.598. The Morgan fingerprint density at radius 2 is 1.62 bits per heavy atom. The normalized spacial score (nSPS) is 15.6. The average molecular weight is 607 g/mol. The zero-order valence-corrected chi connectivity index (χ0v) is 24.5. The van der Waals surface area contributed by atoms with Crippen LogP contribution in [0.25, 0.3) is 10.2 Å². The molecule has 2 heterocycles. The SMILES string of the molecule is Cc1ccc(NS(=O)(=O)c2ccc3c(c2)sc(=O)n3Cc2ccc(Cl)cc2)cc1S(=O)(=O)N1CCN(C)CC1. The zero-order valence-electron chi connectivity index (χ0n) is 21.3. The van der Waals surface area contributed by atoms with E-state index in [1.54, 1.807) is 35.8 Å². The van der Waals surface area contributed by atoms with E-state index in [0.29, 0.717) is 53.5 Å². The minimum absolute atomic E-state index is 0.0288. The van der Waals surface area contributed by atoms with Gasteiger partial charge in [0, 0.05) is 31.2 Å². The van der Waals surface area contributed by atoms with Gasteiger partial charge in [-0.25, -0.2) is 16.8 Å². The summed E-state index contributed by atoms with van der Waals surface area (Å²) in [6.07, 6.45) is 0. The van der Waals surface area contributed by atoms with Crippen molar-refractivity contribution in [1.29, 1.82) is 0 Å². The van der Waals surface area contributed by atoms with Crippen LogP contribution in [-0.2, 0) is 26.6 Å². The molecule has 1 N–H and O–H groups in total. The van der Waals surface area contributed by atoms with Gasteiger partial charge in [-0.3, -0.25) is 14.1 Å². The maximum atomic E-state index is 13.3. The molecule has 0 atom stereocenters. The summed E-state index contributed by atoms with van der Waals surface area (Å²) >= 11 is 6.92. The minimum atomic E-state index is -4.06. The molecule has 0 spiro atoms. The number of rotatable bonds is 7. The molecule has 0 amide bonds. The Bertz CT molecular complexity index is 1810. The van der Waals surface area contributed by atoms with Crippen molar-refractivity contribution < 1.29 is 16.8 Å². The molecule has 13 heteroatoms. The van der Waals surface area contributed by atoms with Gasteiger partial charge in [-0.15, -0.1) is 0 Å². The predicted octanol–water partition coefficient (Wildman–Crippen LogP) is 3.81. The molecule has 3 aromatic carbocycles. The van der Waals surface area contributed by atoms with Crippen molar-refractivity contribution in [3.05, 3.63) is 86.5 Å². The molecule has 206 valence electrons. The van der Waals surface area contributed by atoms with Gasteiger partial charge in [-0.1, -0.05) is 41.1 Å². The molecule has 1 aliphatic heterocycles. The molecule has 5 rings (SSSR count). The van der Waals surface area contributed by atoms with Crippen LogP contribution in [0.5, 0.6) is 0 Å². The van der Waals surface area contributed by atoms with Gasteiger partial charge in [-0.05, 0) is 67.6 Å². The van der Waals surface area contributed by atoms with E-state index in [9.17, 15) is 21.6 Å². The molecule has 9 nitrogen and oxygen atoms in total. The number of fused-ring (bicyclic) bond motifs is 1. The van der Waals surface area contributed by atoms with E-state index in [-0.39, 0.29) is 20.4 Å². The van der Waals surface area contributed by atoms with E-state index in [0.717, 1.165) is 16.9 Å². The molecule has 0 saturated carbocycles. The summed E-state index contributed by atoms with van der Waals surface area (Å²) in [5.41, 5.74) is 2.18. The van der Waals surface area contributed by atoms with E-state index in [1.165, 1.54) is 28.6 Å². The fourth-order valence-corrected chi connectivity index (χ4v) is 8.34. The molecular weight excluding hydrogens is 580 g/mol. The molecule has 1 aromatic heterocycles. The smallest absolute Gasteiger partial charge is 0.304 e.